The van der Waals surface area contributed by atoms with E-state index in [1.807, 2.05) is 0 Å². The van der Waals surface area contributed by atoms with Crippen molar-refractivity contribution in [3.8, 4) is 0 Å². The Balaban J connectivity index is 3.71. The zero-order valence-electron chi connectivity index (χ0n) is 6.46. The van der Waals surface area contributed by atoms with E-state index < -0.39 is 15.9 Å². The maximum absolute atomic E-state index is 10.6. The molecule has 0 rings (SSSR count). The van der Waals surface area contributed by atoms with Crippen LogP contribution in [-0.4, -0.2) is 33.8 Å². The Morgan fingerprint density at radius 3 is 2.45 bits per heavy atom. The van der Waals surface area contributed by atoms with Crippen LogP contribution in [0.1, 0.15) is 6.92 Å². The maximum atomic E-state index is 10.6. The van der Waals surface area contributed by atoms with E-state index in [-0.39, 0.29) is 6.61 Å². The standard InChI is InChI=1S/C5H11NO4S/c1-3-10-4-5(7)6-11(2,8)9/h3-4H2,1-2H3,(H,6,7). The average molecular weight is 181 g/mol. The Labute approximate surface area is 65.8 Å². The number of rotatable bonds is 4. The van der Waals surface area contributed by atoms with Gasteiger partial charge in [0.15, 0.2) is 0 Å². The van der Waals surface area contributed by atoms with Crippen molar-refractivity contribution in [1.82, 2.24) is 4.72 Å². The SMILES string of the molecule is CCOCC(=O)NS(C)(=O)=O. The van der Waals surface area contributed by atoms with Gasteiger partial charge in [0.1, 0.15) is 6.61 Å². The van der Waals surface area contributed by atoms with Gasteiger partial charge < -0.3 is 4.74 Å². The summed E-state index contributed by atoms with van der Waals surface area (Å²) in [7, 11) is -3.43. The van der Waals surface area contributed by atoms with Crippen LogP contribution in [-0.2, 0) is 19.6 Å². The fourth-order valence-electron chi connectivity index (χ4n) is 0.431. The van der Waals surface area contributed by atoms with Crippen LogP contribution in [0.4, 0.5) is 0 Å². The molecule has 66 valence electrons. The molecule has 1 amide bonds. The molecule has 0 aliphatic carbocycles. The van der Waals surface area contributed by atoms with Gasteiger partial charge in [-0.15, -0.1) is 0 Å². The first-order chi connectivity index (χ1) is 4.95. The fourth-order valence-corrected chi connectivity index (χ4v) is 0.903. The minimum atomic E-state index is -3.43. The molecule has 0 saturated carbocycles. The van der Waals surface area contributed by atoms with Crippen LogP contribution < -0.4 is 4.72 Å². The Kier molecular flexibility index (Phi) is 4.06. The molecule has 0 radical (unpaired) electrons. The molecular weight excluding hydrogens is 170 g/mol. The highest BCUT2D eigenvalue weighted by Crippen LogP contribution is 1.77. The lowest BCUT2D eigenvalue weighted by molar-refractivity contribution is -0.123. The number of hydrogen-bond acceptors (Lipinski definition) is 4. The third kappa shape index (κ3) is 7.27. The third-order valence-electron chi connectivity index (χ3n) is 0.737. The van der Waals surface area contributed by atoms with Gasteiger partial charge in [0.2, 0.25) is 10.0 Å². The molecule has 0 spiro atoms. The summed E-state index contributed by atoms with van der Waals surface area (Å²) in [5.41, 5.74) is 0. The highest BCUT2D eigenvalue weighted by Gasteiger charge is 2.06. The lowest BCUT2D eigenvalue weighted by Gasteiger charge is -2.01. The summed E-state index contributed by atoms with van der Waals surface area (Å²) in [6.45, 7) is 1.88. The molecule has 0 aromatic carbocycles. The van der Waals surface area contributed by atoms with Crippen molar-refractivity contribution in [2.24, 2.45) is 0 Å². The molecule has 0 saturated heterocycles. The first kappa shape index (κ1) is 10.4. The maximum Gasteiger partial charge on any atom is 0.259 e. The molecule has 6 heteroatoms. The van der Waals surface area contributed by atoms with Crippen molar-refractivity contribution >= 4 is 15.9 Å². The largest absolute Gasteiger partial charge is 0.372 e. The lowest BCUT2D eigenvalue weighted by Crippen LogP contribution is -2.32. The number of ether oxygens (including phenoxy) is 1. The van der Waals surface area contributed by atoms with Crippen molar-refractivity contribution in [3.63, 3.8) is 0 Å². The van der Waals surface area contributed by atoms with Gasteiger partial charge in [-0.3, -0.25) is 9.52 Å². The van der Waals surface area contributed by atoms with Crippen LogP contribution in [0.5, 0.6) is 0 Å². The van der Waals surface area contributed by atoms with Crippen LogP contribution in [0.25, 0.3) is 0 Å². The zero-order chi connectivity index (χ0) is 8.91. The third-order valence-corrected chi connectivity index (χ3v) is 1.33. The van der Waals surface area contributed by atoms with Crippen molar-refractivity contribution in [3.05, 3.63) is 0 Å². The highest BCUT2D eigenvalue weighted by molar-refractivity contribution is 7.89. The summed E-state index contributed by atoms with van der Waals surface area (Å²) in [5, 5.41) is 0. The predicted octanol–water partition coefficient (Wildman–Crippen LogP) is -0.901. The average Bonchev–Trinajstić information content (AvgIpc) is 1.79. The lowest BCUT2D eigenvalue weighted by atomic mass is 10.7. The van der Waals surface area contributed by atoms with Crippen LogP contribution in [0.3, 0.4) is 0 Å². The quantitative estimate of drug-likeness (QED) is 0.610. The molecule has 0 unspecified atom stereocenters. The normalized spacial score (nSPS) is 11.1. The Hall–Kier alpha value is -0.620. The second-order valence-electron chi connectivity index (χ2n) is 1.93. The molecule has 0 fully saturated rings. The molecule has 11 heavy (non-hydrogen) atoms. The van der Waals surface area contributed by atoms with E-state index in [2.05, 4.69) is 4.74 Å². The molecule has 0 heterocycles. The van der Waals surface area contributed by atoms with Crippen molar-refractivity contribution in [2.75, 3.05) is 19.5 Å². The highest BCUT2D eigenvalue weighted by atomic mass is 32.2. The second kappa shape index (κ2) is 4.30. The van der Waals surface area contributed by atoms with Gasteiger partial charge in [0.25, 0.3) is 5.91 Å². The van der Waals surface area contributed by atoms with E-state index in [0.717, 1.165) is 6.26 Å². The summed E-state index contributed by atoms with van der Waals surface area (Å²) in [5.74, 6) is -0.644. The Morgan fingerprint density at radius 1 is 1.55 bits per heavy atom. The molecule has 0 aliphatic rings. The number of amides is 1. The summed E-state index contributed by atoms with van der Waals surface area (Å²) < 4.78 is 27.3. The predicted molar refractivity (Wildman–Crippen MR) is 39.5 cm³/mol. The number of carbonyl (C=O) groups excluding carboxylic acids is 1. The van der Waals surface area contributed by atoms with Gasteiger partial charge in [0, 0.05) is 6.61 Å². The Bertz CT molecular complexity index is 221. The van der Waals surface area contributed by atoms with Crippen LogP contribution in [0, 0.1) is 0 Å². The Morgan fingerprint density at radius 2 is 2.09 bits per heavy atom. The van der Waals surface area contributed by atoms with Gasteiger partial charge in [-0.1, -0.05) is 0 Å². The summed E-state index contributed by atoms with van der Waals surface area (Å²) in [4.78, 5) is 10.6. The monoisotopic (exact) mass is 181 g/mol. The smallest absolute Gasteiger partial charge is 0.259 e. The molecule has 0 aromatic rings. The van der Waals surface area contributed by atoms with Crippen molar-refractivity contribution in [2.45, 2.75) is 6.92 Å². The van der Waals surface area contributed by atoms with Gasteiger partial charge in [-0.05, 0) is 6.92 Å². The van der Waals surface area contributed by atoms with Crippen LogP contribution in [0.15, 0.2) is 0 Å². The first-order valence-electron chi connectivity index (χ1n) is 3.04. The van der Waals surface area contributed by atoms with Crippen molar-refractivity contribution in [1.29, 1.82) is 0 Å². The minimum absolute atomic E-state index is 0.219. The van der Waals surface area contributed by atoms with Crippen LogP contribution in [0.2, 0.25) is 0 Å². The zero-order valence-corrected chi connectivity index (χ0v) is 7.27. The van der Waals surface area contributed by atoms with Gasteiger partial charge in [-0.2, -0.15) is 0 Å². The fraction of sp³-hybridized carbons (Fsp3) is 0.800. The van der Waals surface area contributed by atoms with Gasteiger partial charge in [0.05, 0.1) is 6.26 Å². The number of nitrogens with one attached hydrogen (secondary N) is 1. The van der Waals surface area contributed by atoms with E-state index in [1.54, 1.807) is 11.6 Å². The number of sulfonamides is 1. The summed E-state index contributed by atoms with van der Waals surface area (Å²) >= 11 is 0. The number of carbonyl (C=O) groups is 1. The van der Waals surface area contributed by atoms with E-state index >= 15 is 0 Å². The molecule has 5 nitrogen and oxygen atoms in total. The van der Waals surface area contributed by atoms with E-state index in [1.165, 1.54) is 0 Å². The van der Waals surface area contributed by atoms with Gasteiger partial charge >= 0.3 is 0 Å². The van der Waals surface area contributed by atoms with E-state index in [0.29, 0.717) is 6.61 Å². The topological polar surface area (TPSA) is 72.5 Å². The van der Waals surface area contributed by atoms with E-state index in [4.69, 9.17) is 0 Å². The van der Waals surface area contributed by atoms with Crippen molar-refractivity contribution < 1.29 is 17.9 Å². The molecule has 0 bridgehead atoms. The molecule has 0 atom stereocenters. The minimum Gasteiger partial charge on any atom is -0.372 e. The molecule has 0 aliphatic heterocycles. The first-order valence-corrected chi connectivity index (χ1v) is 4.93. The summed E-state index contributed by atoms with van der Waals surface area (Å²) in [6.07, 6.45) is 0.914. The molecule has 1 N–H and O–H groups in total. The van der Waals surface area contributed by atoms with E-state index in [9.17, 15) is 13.2 Å². The van der Waals surface area contributed by atoms with Gasteiger partial charge in [-0.25, -0.2) is 8.42 Å². The molecule has 0 aromatic heterocycles. The van der Waals surface area contributed by atoms with Crippen LogP contribution >= 0.6 is 0 Å². The second-order valence-corrected chi connectivity index (χ2v) is 3.68. The molecular formula is C5H11NO4S. The number of hydrogen-bond donors (Lipinski definition) is 1. The summed E-state index contributed by atoms with van der Waals surface area (Å²) in [6, 6.07) is 0.